The molecule has 0 aliphatic heterocycles. The molecule has 1 rings (SSSR count). The molecule has 0 aliphatic carbocycles. The molecule has 1 aromatic rings. The number of esters is 1. The molecule has 1 aromatic carbocycles. The van der Waals surface area contributed by atoms with Crippen molar-refractivity contribution < 1.29 is 18.3 Å². The molecule has 5 heteroatoms. The van der Waals surface area contributed by atoms with Crippen LogP contribution in [0.5, 0.6) is 0 Å². The van der Waals surface area contributed by atoms with Crippen LogP contribution in [-0.4, -0.2) is 19.6 Å². The lowest BCUT2D eigenvalue weighted by Gasteiger charge is -2.06. The van der Waals surface area contributed by atoms with Crippen molar-refractivity contribution in [2.24, 2.45) is 0 Å². The highest BCUT2D eigenvalue weighted by Gasteiger charge is 2.07. The molecule has 88 valence electrons. The van der Waals surface area contributed by atoms with Gasteiger partial charge in [0.15, 0.2) is 0 Å². The third kappa shape index (κ3) is 3.58. The molecule has 0 fully saturated rings. The number of hydrogen-bond acceptors (Lipinski definition) is 3. The molecule has 0 unspecified atom stereocenters. The molecule has 0 atom stereocenters. The Kier molecular flexibility index (Phi) is 4.85. The Morgan fingerprint density at radius 1 is 1.38 bits per heavy atom. The Labute approximate surface area is 92.4 Å². The molecular weight excluding hydrogens is 216 g/mol. The third-order valence-electron chi connectivity index (χ3n) is 2.10. The van der Waals surface area contributed by atoms with Crippen LogP contribution in [0.1, 0.15) is 12.0 Å². The summed E-state index contributed by atoms with van der Waals surface area (Å²) in [6.07, 6.45) is 0.173. The molecule has 16 heavy (non-hydrogen) atoms. The number of rotatable bonds is 5. The van der Waals surface area contributed by atoms with Crippen molar-refractivity contribution in [3.8, 4) is 0 Å². The standard InChI is InChI=1S/C11H13F2NO2/c1-16-11(15)5-6-14-7-8-9(12)3-2-4-10(8)13/h2-4,14H,5-7H2,1H3. The summed E-state index contributed by atoms with van der Waals surface area (Å²) < 4.78 is 30.7. The van der Waals surface area contributed by atoms with Gasteiger partial charge in [-0.3, -0.25) is 4.79 Å². The van der Waals surface area contributed by atoms with Crippen molar-refractivity contribution in [2.75, 3.05) is 13.7 Å². The van der Waals surface area contributed by atoms with Crippen molar-refractivity contribution in [1.29, 1.82) is 0 Å². The van der Waals surface area contributed by atoms with Gasteiger partial charge in [0.25, 0.3) is 0 Å². The second kappa shape index (κ2) is 6.17. The number of benzene rings is 1. The number of halogens is 2. The van der Waals surface area contributed by atoms with Crippen molar-refractivity contribution in [3.63, 3.8) is 0 Å². The first kappa shape index (κ1) is 12.6. The van der Waals surface area contributed by atoms with Gasteiger partial charge in [-0.15, -0.1) is 0 Å². The molecule has 0 saturated heterocycles. The first-order valence-corrected chi connectivity index (χ1v) is 4.85. The van der Waals surface area contributed by atoms with Gasteiger partial charge in [0.2, 0.25) is 0 Å². The topological polar surface area (TPSA) is 38.3 Å². The average molecular weight is 229 g/mol. The van der Waals surface area contributed by atoms with Gasteiger partial charge in [-0.25, -0.2) is 8.78 Å². The predicted molar refractivity (Wildman–Crippen MR) is 54.7 cm³/mol. The summed E-state index contributed by atoms with van der Waals surface area (Å²) in [5.74, 6) is -1.54. The highest BCUT2D eigenvalue weighted by atomic mass is 19.1. The number of nitrogens with one attached hydrogen (secondary N) is 1. The van der Waals surface area contributed by atoms with Crippen molar-refractivity contribution in [3.05, 3.63) is 35.4 Å². The summed E-state index contributed by atoms with van der Waals surface area (Å²) in [6, 6.07) is 3.70. The molecule has 0 saturated carbocycles. The minimum Gasteiger partial charge on any atom is -0.469 e. The van der Waals surface area contributed by atoms with Crippen LogP contribution in [-0.2, 0) is 16.1 Å². The zero-order valence-corrected chi connectivity index (χ0v) is 8.93. The van der Waals surface area contributed by atoms with Gasteiger partial charge >= 0.3 is 5.97 Å². The van der Waals surface area contributed by atoms with E-state index in [1.807, 2.05) is 0 Å². The van der Waals surface area contributed by atoms with E-state index in [9.17, 15) is 13.6 Å². The van der Waals surface area contributed by atoms with Crippen molar-refractivity contribution in [1.82, 2.24) is 5.32 Å². The van der Waals surface area contributed by atoms with Crippen LogP contribution in [0.3, 0.4) is 0 Å². The van der Waals surface area contributed by atoms with Crippen LogP contribution >= 0.6 is 0 Å². The number of carbonyl (C=O) groups is 1. The number of ether oxygens (including phenoxy) is 1. The lowest BCUT2D eigenvalue weighted by Crippen LogP contribution is -2.19. The SMILES string of the molecule is COC(=O)CCNCc1c(F)cccc1F. The van der Waals surface area contributed by atoms with Gasteiger partial charge in [0.1, 0.15) is 11.6 Å². The summed E-state index contributed by atoms with van der Waals surface area (Å²) in [5, 5.41) is 2.77. The van der Waals surface area contributed by atoms with Crippen LogP contribution in [0.25, 0.3) is 0 Å². The monoisotopic (exact) mass is 229 g/mol. The van der Waals surface area contributed by atoms with E-state index in [4.69, 9.17) is 0 Å². The Bertz CT molecular complexity index is 349. The molecule has 1 N–H and O–H groups in total. The van der Waals surface area contributed by atoms with Gasteiger partial charge < -0.3 is 10.1 Å². The number of hydrogen-bond donors (Lipinski definition) is 1. The second-order valence-corrected chi connectivity index (χ2v) is 3.20. The van der Waals surface area contributed by atoms with Gasteiger partial charge in [0, 0.05) is 18.7 Å². The van der Waals surface area contributed by atoms with Gasteiger partial charge in [-0.1, -0.05) is 6.07 Å². The molecule has 0 bridgehead atoms. The van der Waals surface area contributed by atoms with Crippen LogP contribution in [0.2, 0.25) is 0 Å². The van der Waals surface area contributed by atoms with Crippen LogP contribution < -0.4 is 5.32 Å². The van der Waals surface area contributed by atoms with E-state index in [0.29, 0.717) is 6.54 Å². The first-order valence-electron chi connectivity index (χ1n) is 4.85. The van der Waals surface area contributed by atoms with Crippen LogP contribution in [0.15, 0.2) is 18.2 Å². The summed E-state index contributed by atoms with van der Waals surface area (Å²) in [5.41, 5.74) is -0.0210. The minimum absolute atomic E-state index is 0.0210. The van der Waals surface area contributed by atoms with Crippen molar-refractivity contribution in [2.45, 2.75) is 13.0 Å². The molecule has 0 aliphatic rings. The Hall–Kier alpha value is -1.49. The Morgan fingerprint density at radius 2 is 2.00 bits per heavy atom. The van der Waals surface area contributed by atoms with Crippen molar-refractivity contribution >= 4 is 5.97 Å². The Balaban J connectivity index is 2.40. The van der Waals surface area contributed by atoms with Gasteiger partial charge in [-0.2, -0.15) is 0 Å². The molecule has 3 nitrogen and oxygen atoms in total. The highest BCUT2D eigenvalue weighted by molar-refractivity contribution is 5.69. The predicted octanol–water partition coefficient (Wildman–Crippen LogP) is 1.62. The molecule has 0 radical (unpaired) electrons. The normalized spacial score (nSPS) is 10.2. The third-order valence-corrected chi connectivity index (χ3v) is 2.10. The summed E-state index contributed by atoms with van der Waals surface area (Å²) in [6.45, 7) is 0.371. The minimum atomic E-state index is -0.592. The maximum atomic E-state index is 13.1. The van der Waals surface area contributed by atoms with E-state index < -0.39 is 11.6 Å². The summed E-state index contributed by atoms with van der Waals surface area (Å²) in [7, 11) is 1.29. The summed E-state index contributed by atoms with van der Waals surface area (Å²) >= 11 is 0. The lowest BCUT2D eigenvalue weighted by molar-refractivity contribution is -0.140. The van der Waals surface area contributed by atoms with E-state index in [-0.39, 0.29) is 24.5 Å². The first-order chi connectivity index (χ1) is 7.65. The van der Waals surface area contributed by atoms with E-state index in [0.717, 1.165) is 0 Å². The van der Waals surface area contributed by atoms with E-state index in [2.05, 4.69) is 10.1 Å². The fourth-order valence-electron chi connectivity index (χ4n) is 1.21. The maximum absolute atomic E-state index is 13.1. The van der Waals surface area contributed by atoms with Gasteiger partial charge in [0.05, 0.1) is 13.5 Å². The number of carbonyl (C=O) groups excluding carboxylic acids is 1. The fourth-order valence-corrected chi connectivity index (χ4v) is 1.21. The average Bonchev–Trinajstić information content (AvgIpc) is 2.27. The molecule has 0 amide bonds. The summed E-state index contributed by atoms with van der Waals surface area (Å²) in [4.78, 5) is 10.7. The Morgan fingerprint density at radius 3 is 2.56 bits per heavy atom. The van der Waals surface area contributed by atoms with E-state index in [1.54, 1.807) is 0 Å². The van der Waals surface area contributed by atoms with E-state index in [1.165, 1.54) is 25.3 Å². The van der Waals surface area contributed by atoms with E-state index >= 15 is 0 Å². The van der Waals surface area contributed by atoms with Crippen LogP contribution in [0.4, 0.5) is 8.78 Å². The quantitative estimate of drug-likeness (QED) is 0.616. The zero-order chi connectivity index (χ0) is 12.0. The fraction of sp³-hybridized carbons (Fsp3) is 0.364. The maximum Gasteiger partial charge on any atom is 0.306 e. The lowest BCUT2D eigenvalue weighted by atomic mass is 10.2. The van der Waals surface area contributed by atoms with Gasteiger partial charge in [-0.05, 0) is 12.1 Å². The molecule has 0 aromatic heterocycles. The molecule has 0 heterocycles. The molecular formula is C11H13F2NO2. The van der Waals surface area contributed by atoms with Crippen LogP contribution in [0, 0.1) is 11.6 Å². The largest absolute Gasteiger partial charge is 0.469 e. The number of methoxy groups -OCH3 is 1. The molecule has 0 spiro atoms. The second-order valence-electron chi connectivity index (χ2n) is 3.20. The highest BCUT2D eigenvalue weighted by Crippen LogP contribution is 2.11. The smallest absolute Gasteiger partial charge is 0.306 e. The zero-order valence-electron chi connectivity index (χ0n) is 8.93.